The number of carbonyl (C=O) groups is 1. The fraction of sp³-hybridized carbons (Fsp3) is 0.938. The van der Waals surface area contributed by atoms with Crippen LogP contribution in [0.15, 0.2) is 0 Å². The maximum absolute atomic E-state index is 12.3. The van der Waals surface area contributed by atoms with Gasteiger partial charge in [0.25, 0.3) is 0 Å². The predicted molar refractivity (Wildman–Crippen MR) is 91.1 cm³/mol. The summed E-state index contributed by atoms with van der Waals surface area (Å²) in [5, 5.41) is 0. The SMILES string of the molecule is CC1(NS(=O)C(C)(C)C)CCCN(C(=O)OC(C)(C)C)CC1. The van der Waals surface area contributed by atoms with Gasteiger partial charge in [-0.25, -0.2) is 13.7 Å². The highest BCUT2D eigenvalue weighted by atomic mass is 32.2. The van der Waals surface area contributed by atoms with Crippen molar-refractivity contribution in [3.05, 3.63) is 0 Å². The molecule has 1 amide bonds. The Hall–Kier alpha value is -0.620. The van der Waals surface area contributed by atoms with Crippen LogP contribution in [-0.4, -0.2) is 44.2 Å². The fourth-order valence-corrected chi connectivity index (χ4v) is 3.22. The summed E-state index contributed by atoms with van der Waals surface area (Å²) in [7, 11) is -1.10. The zero-order valence-corrected chi connectivity index (χ0v) is 15.9. The first kappa shape index (κ1) is 19.4. The van der Waals surface area contributed by atoms with E-state index in [2.05, 4.69) is 11.6 Å². The third-order valence-corrected chi connectivity index (χ3v) is 5.43. The lowest BCUT2D eigenvalue weighted by atomic mass is 9.95. The van der Waals surface area contributed by atoms with E-state index in [1.165, 1.54) is 0 Å². The highest BCUT2D eigenvalue weighted by Gasteiger charge is 2.34. The number of carbonyl (C=O) groups excluding carboxylic acids is 1. The molecule has 5 nitrogen and oxygen atoms in total. The van der Waals surface area contributed by atoms with E-state index in [1.807, 2.05) is 41.5 Å². The monoisotopic (exact) mass is 332 g/mol. The standard InChI is InChI=1S/C16H32N2O3S/c1-14(2,3)21-13(19)18-11-8-9-16(7,10-12-18)17-22(20)15(4,5)6/h17H,8-12H2,1-7H3. The van der Waals surface area contributed by atoms with E-state index in [0.29, 0.717) is 13.1 Å². The van der Waals surface area contributed by atoms with Gasteiger partial charge in [-0.3, -0.25) is 0 Å². The molecule has 1 aliphatic heterocycles. The second-order valence-electron chi connectivity index (χ2n) is 8.36. The first-order chi connectivity index (χ1) is 9.82. The molecule has 2 atom stereocenters. The van der Waals surface area contributed by atoms with Crippen molar-refractivity contribution < 1.29 is 13.7 Å². The van der Waals surface area contributed by atoms with E-state index in [0.717, 1.165) is 19.3 Å². The summed E-state index contributed by atoms with van der Waals surface area (Å²) in [6.45, 7) is 14.9. The zero-order valence-electron chi connectivity index (χ0n) is 15.1. The van der Waals surface area contributed by atoms with Crippen LogP contribution in [0.25, 0.3) is 0 Å². The van der Waals surface area contributed by atoms with Crippen LogP contribution in [0.3, 0.4) is 0 Å². The van der Waals surface area contributed by atoms with Gasteiger partial charge in [-0.2, -0.15) is 0 Å². The minimum atomic E-state index is -1.10. The number of nitrogens with zero attached hydrogens (tertiary/aromatic N) is 1. The summed E-state index contributed by atoms with van der Waals surface area (Å²) in [6.07, 6.45) is 2.29. The lowest BCUT2D eigenvalue weighted by Gasteiger charge is -2.32. The maximum atomic E-state index is 12.3. The van der Waals surface area contributed by atoms with Crippen LogP contribution in [0.2, 0.25) is 0 Å². The van der Waals surface area contributed by atoms with Crippen molar-refractivity contribution in [2.24, 2.45) is 0 Å². The van der Waals surface area contributed by atoms with Crippen molar-refractivity contribution in [1.29, 1.82) is 0 Å². The van der Waals surface area contributed by atoms with Crippen LogP contribution >= 0.6 is 0 Å². The van der Waals surface area contributed by atoms with Crippen LogP contribution < -0.4 is 4.72 Å². The summed E-state index contributed by atoms with van der Waals surface area (Å²) in [6, 6.07) is 0. The van der Waals surface area contributed by atoms with Gasteiger partial charge in [0.1, 0.15) is 5.60 Å². The minimum Gasteiger partial charge on any atom is -0.444 e. The summed E-state index contributed by atoms with van der Waals surface area (Å²) >= 11 is 0. The second-order valence-corrected chi connectivity index (χ2v) is 10.3. The van der Waals surface area contributed by atoms with Crippen molar-refractivity contribution in [1.82, 2.24) is 9.62 Å². The van der Waals surface area contributed by atoms with Gasteiger partial charge in [0, 0.05) is 18.6 Å². The largest absolute Gasteiger partial charge is 0.444 e. The molecule has 1 rings (SSSR count). The first-order valence-electron chi connectivity index (χ1n) is 8.00. The number of nitrogens with one attached hydrogen (secondary N) is 1. The molecule has 2 unspecified atom stereocenters. The molecule has 1 saturated heterocycles. The Morgan fingerprint density at radius 2 is 1.73 bits per heavy atom. The van der Waals surface area contributed by atoms with E-state index in [9.17, 15) is 9.00 Å². The molecule has 0 aromatic rings. The van der Waals surface area contributed by atoms with Crippen molar-refractivity contribution in [2.75, 3.05) is 13.1 Å². The Balaban J connectivity index is 2.65. The number of hydrogen-bond acceptors (Lipinski definition) is 3. The topological polar surface area (TPSA) is 58.6 Å². The van der Waals surface area contributed by atoms with Gasteiger partial charge in [0.2, 0.25) is 0 Å². The smallest absolute Gasteiger partial charge is 0.410 e. The molecule has 6 heteroatoms. The fourth-order valence-electron chi connectivity index (χ4n) is 2.27. The summed E-state index contributed by atoms with van der Waals surface area (Å²) in [5.41, 5.74) is -0.687. The number of hydrogen-bond donors (Lipinski definition) is 1. The third kappa shape index (κ3) is 6.24. The Labute approximate surface area is 137 Å². The Morgan fingerprint density at radius 3 is 2.23 bits per heavy atom. The molecule has 0 aliphatic carbocycles. The van der Waals surface area contributed by atoms with Crippen molar-refractivity contribution in [2.45, 2.75) is 83.6 Å². The first-order valence-corrected chi connectivity index (χ1v) is 9.15. The molecular formula is C16H32N2O3S. The van der Waals surface area contributed by atoms with Crippen LogP contribution in [-0.2, 0) is 15.7 Å². The molecule has 0 radical (unpaired) electrons. The van der Waals surface area contributed by atoms with Gasteiger partial charge in [-0.05, 0) is 67.7 Å². The van der Waals surface area contributed by atoms with E-state index in [4.69, 9.17) is 4.74 Å². The van der Waals surface area contributed by atoms with E-state index in [-0.39, 0.29) is 16.4 Å². The molecule has 1 fully saturated rings. The Kier molecular flexibility index (Phi) is 6.07. The number of rotatable bonds is 2. The van der Waals surface area contributed by atoms with E-state index < -0.39 is 16.6 Å². The lowest BCUT2D eigenvalue weighted by molar-refractivity contribution is 0.0254. The van der Waals surface area contributed by atoms with Gasteiger partial charge in [0.15, 0.2) is 0 Å². The van der Waals surface area contributed by atoms with Crippen LogP contribution in [0.4, 0.5) is 4.79 Å². The van der Waals surface area contributed by atoms with Crippen molar-refractivity contribution >= 4 is 17.1 Å². The number of amides is 1. The molecule has 1 aliphatic rings. The molecule has 0 aromatic carbocycles. The second kappa shape index (κ2) is 6.87. The normalized spacial score (nSPS) is 25.5. The molecule has 1 heterocycles. The molecule has 0 bridgehead atoms. The van der Waals surface area contributed by atoms with Gasteiger partial charge in [-0.1, -0.05) is 0 Å². The predicted octanol–water partition coefficient (Wildman–Crippen LogP) is 3.22. The summed E-state index contributed by atoms with van der Waals surface area (Å²) in [5.74, 6) is 0. The quantitative estimate of drug-likeness (QED) is 0.844. The molecule has 1 N–H and O–H groups in total. The lowest BCUT2D eigenvalue weighted by Crippen LogP contribution is -2.48. The summed E-state index contributed by atoms with van der Waals surface area (Å²) in [4.78, 5) is 13.9. The maximum Gasteiger partial charge on any atom is 0.410 e. The molecule has 130 valence electrons. The Morgan fingerprint density at radius 1 is 1.14 bits per heavy atom. The molecule has 0 aromatic heterocycles. The van der Waals surface area contributed by atoms with E-state index in [1.54, 1.807) is 4.90 Å². The molecule has 0 saturated carbocycles. The summed E-state index contributed by atoms with van der Waals surface area (Å²) < 4.78 is 20.8. The van der Waals surface area contributed by atoms with Gasteiger partial charge < -0.3 is 9.64 Å². The highest BCUT2D eigenvalue weighted by Crippen LogP contribution is 2.25. The number of ether oxygens (including phenoxy) is 1. The number of likely N-dealkylation sites (tertiary alicyclic amines) is 1. The van der Waals surface area contributed by atoms with Crippen molar-refractivity contribution in [3.8, 4) is 0 Å². The van der Waals surface area contributed by atoms with Crippen LogP contribution in [0, 0.1) is 0 Å². The average molecular weight is 333 g/mol. The van der Waals surface area contributed by atoms with Gasteiger partial charge >= 0.3 is 6.09 Å². The third-order valence-electron chi connectivity index (χ3n) is 3.64. The molecular weight excluding hydrogens is 300 g/mol. The van der Waals surface area contributed by atoms with E-state index >= 15 is 0 Å². The highest BCUT2D eigenvalue weighted by molar-refractivity contribution is 7.84. The van der Waals surface area contributed by atoms with Crippen LogP contribution in [0.1, 0.15) is 67.7 Å². The molecule has 0 spiro atoms. The molecule has 22 heavy (non-hydrogen) atoms. The van der Waals surface area contributed by atoms with Gasteiger partial charge in [-0.15, -0.1) is 0 Å². The van der Waals surface area contributed by atoms with Crippen LogP contribution in [0.5, 0.6) is 0 Å². The van der Waals surface area contributed by atoms with Crippen molar-refractivity contribution in [3.63, 3.8) is 0 Å². The minimum absolute atomic E-state index is 0.213. The Bertz CT molecular complexity index is 426. The zero-order chi connectivity index (χ0) is 17.2. The van der Waals surface area contributed by atoms with Gasteiger partial charge in [0.05, 0.1) is 15.7 Å². The average Bonchev–Trinajstić information content (AvgIpc) is 2.48.